The third kappa shape index (κ3) is 3.97. The van der Waals surface area contributed by atoms with Crippen LogP contribution in [-0.4, -0.2) is 24.8 Å². The number of rotatable bonds is 5. The Bertz CT molecular complexity index is 871. The van der Waals surface area contributed by atoms with Crippen LogP contribution >= 0.6 is 0 Å². The molecule has 1 fully saturated rings. The number of alkyl halides is 2. The molecule has 0 saturated heterocycles. The molecule has 0 aliphatic heterocycles. The minimum absolute atomic E-state index is 0.0278. The van der Waals surface area contributed by atoms with Gasteiger partial charge in [0.25, 0.3) is 5.92 Å². The summed E-state index contributed by atoms with van der Waals surface area (Å²) in [5.74, 6) is -10.9. The van der Waals surface area contributed by atoms with Crippen LogP contribution in [0.4, 0.5) is 27.6 Å². The summed E-state index contributed by atoms with van der Waals surface area (Å²) >= 11 is 0. The van der Waals surface area contributed by atoms with E-state index in [-0.39, 0.29) is 19.3 Å². The quantitative estimate of drug-likeness (QED) is 0.522. The maximum atomic E-state index is 15.5. The first-order valence-corrected chi connectivity index (χ1v) is 9.57. The van der Waals surface area contributed by atoms with Crippen LogP contribution in [0.3, 0.4) is 0 Å². The average Bonchev–Trinajstić information content (AvgIpc) is 2.66. The van der Waals surface area contributed by atoms with E-state index in [0.29, 0.717) is 24.5 Å². The first-order valence-electron chi connectivity index (χ1n) is 9.57. The summed E-state index contributed by atoms with van der Waals surface area (Å²) in [7, 11) is 2.70. The molecule has 0 spiro atoms. The van der Waals surface area contributed by atoms with Crippen LogP contribution < -0.4 is 4.90 Å². The second-order valence-corrected chi connectivity index (χ2v) is 7.97. The second-order valence-electron chi connectivity index (χ2n) is 7.97. The van der Waals surface area contributed by atoms with Gasteiger partial charge in [-0.15, -0.1) is 0 Å². The zero-order valence-corrected chi connectivity index (χ0v) is 16.4. The number of hydrogen-bond acceptors (Lipinski definition) is 2. The summed E-state index contributed by atoms with van der Waals surface area (Å²) in [4.78, 5) is 1.11. The molecule has 0 heterocycles. The molecule has 1 aliphatic rings. The van der Waals surface area contributed by atoms with Crippen LogP contribution in [-0.2, 0) is 12.3 Å². The molecule has 0 bridgehead atoms. The molecule has 2 aromatic rings. The predicted octanol–water partition coefficient (Wildman–Crippen LogP) is 5.43. The maximum Gasteiger partial charge on any atom is 0.281 e. The molecule has 0 aromatic heterocycles. The summed E-state index contributed by atoms with van der Waals surface area (Å²) in [6.45, 7) is 0. The summed E-state index contributed by atoms with van der Waals surface area (Å²) in [6.07, 6.45) is 1.03. The van der Waals surface area contributed by atoms with Crippen molar-refractivity contribution < 1.29 is 27.1 Å². The lowest BCUT2D eigenvalue weighted by Gasteiger charge is -2.44. The van der Waals surface area contributed by atoms with E-state index in [2.05, 4.69) is 0 Å². The Balaban J connectivity index is 2.07. The molecule has 2 atom stereocenters. The van der Waals surface area contributed by atoms with E-state index in [1.165, 1.54) is 14.1 Å². The zero-order valence-electron chi connectivity index (χ0n) is 16.4. The van der Waals surface area contributed by atoms with E-state index in [1.54, 1.807) is 30.3 Å². The van der Waals surface area contributed by atoms with Crippen molar-refractivity contribution in [2.24, 2.45) is 5.92 Å². The lowest BCUT2D eigenvalue weighted by Crippen LogP contribution is -2.50. The van der Waals surface area contributed by atoms with Gasteiger partial charge in [-0.2, -0.15) is 0 Å². The molecule has 0 radical (unpaired) electrons. The lowest BCUT2D eigenvalue weighted by molar-refractivity contribution is -0.174. The highest BCUT2D eigenvalue weighted by molar-refractivity contribution is 5.51. The Hall–Kier alpha value is -2.15. The Morgan fingerprint density at radius 1 is 1.03 bits per heavy atom. The molecule has 3 rings (SSSR count). The first-order chi connectivity index (χ1) is 13.6. The van der Waals surface area contributed by atoms with E-state index in [9.17, 15) is 18.3 Å². The molecule has 29 heavy (non-hydrogen) atoms. The number of anilines is 1. The molecule has 1 N–H and O–H groups in total. The number of nitrogens with zero attached hydrogens (tertiary/aromatic N) is 1. The van der Waals surface area contributed by atoms with Crippen molar-refractivity contribution in [2.75, 3.05) is 19.0 Å². The van der Waals surface area contributed by atoms with Gasteiger partial charge in [0.05, 0.1) is 22.8 Å². The first kappa shape index (κ1) is 21.6. The highest BCUT2D eigenvalue weighted by Gasteiger charge is 2.55. The van der Waals surface area contributed by atoms with E-state index in [1.807, 2.05) is 0 Å². The number of hydrogen-bond donors (Lipinski definition) is 1. The Kier molecular flexibility index (Phi) is 5.90. The molecule has 2 nitrogen and oxygen atoms in total. The monoisotopic (exact) mass is 413 g/mol. The fourth-order valence-electron chi connectivity index (χ4n) is 4.25. The van der Waals surface area contributed by atoms with Crippen molar-refractivity contribution in [3.05, 3.63) is 65.0 Å². The van der Waals surface area contributed by atoms with Gasteiger partial charge in [-0.05, 0) is 24.5 Å². The van der Waals surface area contributed by atoms with Crippen LogP contribution in [0, 0.1) is 23.4 Å². The fourth-order valence-corrected chi connectivity index (χ4v) is 4.25. The Morgan fingerprint density at radius 2 is 1.69 bits per heavy atom. The third-order valence-electron chi connectivity index (χ3n) is 5.76. The van der Waals surface area contributed by atoms with Gasteiger partial charge in [0.15, 0.2) is 17.5 Å². The van der Waals surface area contributed by atoms with Crippen molar-refractivity contribution >= 4 is 5.69 Å². The molecule has 2 aromatic carbocycles. The average molecular weight is 413 g/mol. The SMILES string of the molecule is CN(C)c1cc(C(F)(F)C2CCCCC2(O)Cc2ccccc2)c(F)c(F)c1F. The molecule has 1 aliphatic carbocycles. The van der Waals surface area contributed by atoms with Crippen LogP contribution in [0.15, 0.2) is 36.4 Å². The predicted molar refractivity (Wildman–Crippen MR) is 102 cm³/mol. The summed E-state index contributed by atoms with van der Waals surface area (Å²) < 4.78 is 73.6. The van der Waals surface area contributed by atoms with Crippen molar-refractivity contribution in [3.63, 3.8) is 0 Å². The van der Waals surface area contributed by atoms with Crippen LogP contribution in [0.1, 0.15) is 36.8 Å². The van der Waals surface area contributed by atoms with E-state index in [0.717, 1.165) is 4.90 Å². The van der Waals surface area contributed by atoms with Crippen molar-refractivity contribution in [1.29, 1.82) is 0 Å². The molecule has 158 valence electrons. The van der Waals surface area contributed by atoms with Gasteiger partial charge in [0.1, 0.15) is 0 Å². The normalized spacial score (nSPS) is 22.6. The molecule has 1 saturated carbocycles. The Labute approximate surface area is 167 Å². The number of aliphatic hydroxyl groups is 1. The van der Waals surface area contributed by atoms with Gasteiger partial charge >= 0.3 is 0 Å². The molecular formula is C22H24F5NO. The summed E-state index contributed by atoms with van der Waals surface area (Å²) in [5.41, 5.74) is -2.81. The second kappa shape index (κ2) is 7.94. The van der Waals surface area contributed by atoms with Gasteiger partial charge in [0, 0.05) is 20.5 Å². The Morgan fingerprint density at radius 3 is 2.31 bits per heavy atom. The topological polar surface area (TPSA) is 23.5 Å². The highest BCUT2D eigenvalue weighted by Crippen LogP contribution is 2.51. The third-order valence-corrected chi connectivity index (χ3v) is 5.76. The molecular weight excluding hydrogens is 389 g/mol. The largest absolute Gasteiger partial charge is 0.389 e. The minimum Gasteiger partial charge on any atom is -0.389 e. The van der Waals surface area contributed by atoms with E-state index in [4.69, 9.17) is 0 Å². The van der Waals surface area contributed by atoms with Gasteiger partial charge in [-0.25, -0.2) is 22.0 Å². The van der Waals surface area contributed by atoms with E-state index < -0.39 is 46.1 Å². The number of benzene rings is 2. The molecule has 0 amide bonds. The maximum absolute atomic E-state index is 15.5. The summed E-state index contributed by atoms with van der Waals surface area (Å²) in [5, 5.41) is 11.2. The fraction of sp³-hybridized carbons (Fsp3) is 0.455. The van der Waals surface area contributed by atoms with Crippen molar-refractivity contribution in [1.82, 2.24) is 0 Å². The van der Waals surface area contributed by atoms with Gasteiger partial charge in [-0.1, -0.05) is 43.2 Å². The van der Waals surface area contributed by atoms with E-state index >= 15 is 8.78 Å². The smallest absolute Gasteiger partial charge is 0.281 e. The van der Waals surface area contributed by atoms with Crippen LogP contribution in [0.5, 0.6) is 0 Å². The molecule has 7 heteroatoms. The van der Waals surface area contributed by atoms with Crippen molar-refractivity contribution in [3.8, 4) is 0 Å². The van der Waals surface area contributed by atoms with Gasteiger partial charge in [0.2, 0.25) is 0 Å². The lowest BCUT2D eigenvalue weighted by atomic mass is 9.68. The highest BCUT2D eigenvalue weighted by atomic mass is 19.3. The van der Waals surface area contributed by atoms with Gasteiger partial charge < -0.3 is 10.0 Å². The van der Waals surface area contributed by atoms with Crippen LogP contribution in [0.25, 0.3) is 0 Å². The molecule has 2 unspecified atom stereocenters. The standard InChI is InChI=1S/C22H24F5NO/c1-28(2)16-12-15(18(23)20(25)19(16)24)22(26,27)17-10-6-7-11-21(17,29)13-14-8-4-3-5-9-14/h3-5,8-9,12,17,29H,6-7,10-11,13H2,1-2H3. The van der Waals surface area contributed by atoms with Crippen molar-refractivity contribution in [2.45, 2.75) is 43.6 Å². The van der Waals surface area contributed by atoms with Crippen LogP contribution in [0.2, 0.25) is 0 Å². The minimum atomic E-state index is -3.88. The van der Waals surface area contributed by atoms with Gasteiger partial charge in [-0.3, -0.25) is 0 Å². The zero-order chi connectivity index (χ0) is 21.4. The number of halogens is 5. The summed E-state index contributed by atoms with van der Waals surface area (Å²) in [6, 6.07) is 9.36.